The summed E-state index contributed by atoms with van der Waals surface area (Å²) in [4.78, 5) is 18.8. The van der Waals surface area contributed by atoms with Crippen LogP contribution in [-0.4, -0.2) is 49.7 Å². The number of thiazole rings is 1. The van der Waals surface area contributed by atoms with E-state index in [1.54, 1.807) is 40.1 Å². The van der Waals surface area contributed by atoms with Gasteiger partial charge in [-0.25, -0.2) is 9.67 Å². The summed E-state index contributed by atoms with van der Waals surface area (Å²) in [6.07, 6.45) is 1.51. The summed E-state index contributed by atoms with van der Waals surface area (Å²) in [6, 6.07) is 15.0. The zero-order valence-electron chi connectivity index (χ0n) is 15.4. The molecule has 0 saturated carbocycles. The molecule has 1 amide bonds. The fraction of sp³-hybridized carbons (Fsp3) is 0.211. The molecule has 2 aromatic carbocycles. The van der Waals surface area contributed by atoms with E-state index < -0.39 is 0 Å². The summed E-state index contributed by atoms with van der Waals surface area (Å²) >= 11 is 1.60. The normalized spacial score (nSPS) is 12.1. The molecule has 28 heavy (non-hydrogen) atoms. The topological polar surface area (TPSA) is 86.0 Å². The first-order valence-corrected chi connectivity index (χ1v) is 9.51. The van der Waals surface area contributed by atoms with Gasteiger partial charge in [0.25, 0.3) is 5.91 Å². The van der Waals surface area contributed by atoms with Crippen molar-refractivity contribution in [2.45, 2.75) is 13.0 Å². The molecule has 0 aliphatic carbocycles. The number of hydrogen-bond donors (Lipinski definition) is 0. The van der Waals surface area contributed by atoms with Crippen molar-refractivity contribution in [2.75, 3.05) is 13.7 Å². The minimum Gasteiger partial charge on any atom is -0.484 e. The van der Waals surface area contributed by atoms with E-state index in [-0.39, 0.29) is 18.6 Å². The molecule has 0 N–H and O–H groups in total. The molecule has 1 atom stereocenters. The molecule has 0 aliphatic heterocycles. The van der Waals surface area contributed by atoms with Gasteiger partial charge < -0.3 is 9.64 Å². The minimum absolute atomic E-state index is 0.0457. The number of amides is 1. The number of benzene rings is 2. The molecule has 4 aromatic rings. The van der Waals surface area contributed by atoms with Crippen LogP contribution in [0.25, 0.3) is 15.9 Å². The Morgan fingerprint density at radius 2 is 2.00 bits per heavy atom. The zero-order chi connectivity index (χ0) is 19.5. The van der Waals surface area contributed by atoms with E-state index in [4.69, 9.17) is 4.74 Å². The number of para-hydroxylation sites is 1. The van der Waals surface area contributed by atoms with E-state index in [0.717, 1.165) is 20.9 Å². The van der Waals surface area contributed by atoms with Gasteiger partial charge in [0.2, 0.25) is 0 Å². The highest BCUT2D eigenvalue weighted by Gasteiger charge is 2.21. The largest absolute Gasteiger partial charge is 0.484 e. The number of carbonyl (C=O) groups excluding carboxylic acids is 1. The van der Waals surface area contributed by atoms with E-state index in [1.807, 2.05) is 43.3 Å². The van der Waals surface area contributed by atoms with Crippen LogP contribution in [0.15, 0.2) is 54.9 Å². The van der Waals surface area contributed by atoms with E-state index in [9.17, 15) is 4.79 Å². The summed E-state index contributed by atoms with van der Waals surface area (Å²) in [5.41, 5.74) is 1.76. The van der Waals surface area contributed by atoms with Crippen molar-refractivity contribution in [1.82, 2.24) is 30.1 Å². The lowest BCUT2D eigenvalue weighted by molar-refractivity contribution is -0.134. The smallest absolute Gasteiger partial charge is 0.260 e. The van der Waals surface area contributed by atoms with Crippen LogP contribution in [0.2, 0.25) is 0 Å². The van der Waals surface area contributed by atoms with Crippen molar-refractivity contribution in [3.05, 3.63) is 59.9 Å². The Labute approximate surface area is 165 Å². The molecule has 0 fully saturated rings. The summed E-state index contributed by atoms with van der Waals surface area (Å²) in [7, 11) is 1.77. The number of tetrazole rings is 1. The number of carbonyl (C=O) groups is 1. The van der Waals surface area contributed by atoms with Crippen LogP contribution in [0.5, 0.6) is 5.75 Å². The number of ether oxygens (including phenoxy) is 1. The van der Waals surface area contributed by atoms with Crippen LogP contribution in [0.1, 0.15) is 18.0 Å². The van der Waals surface area contributed by atoms with Gasteiger partial charge in [-0.15, -0.1) is 16.4 Å². The lowest BCUT2D eigenvalue weighted by atomic mass is 10.3. The van der Waals surface area contributed by atoms with Gasteiger partial charge in [0, 0.05) is 7.05 Å². The standard InChI is InChI=1S/C19H18N6O2S/c1-13(19-21-16-5-3-4-6-17(16)28-19)24(2)18(26)11-27-15-9-7-14(8-10-15)25-12-20-22-23-25/h3-10,12-13H,11H2,1-2H3. The Hall–Kier alpha value is -3.33. The highest BCUT2D eigenvalue weighted by Crippen LogP contribution is 2.28. The molecular formula is C19H18N6O2S. The highest BCUT2D eigenvalue weighted by atomic mass is 32.1. The maximum atomic E-state index is 12.5. The molecule has 0 saturated heterocycles. The lowest BCUT2D eigenvalue weighted by Crippen LogP contribution is -2.33. The Bertz CT molecular complexity index is 1040. The molecule has 2 aromatic heterocycles. The van der Waals surface area contributed by atoms with E-state index in [2.05, 4.69) is 20.5 Å². The van der Waals surface area contributed by atoms with Gasteiger partial charge in [0.15, 0.2) is 6.61 Å². The second-order valence-electron chi connectivity index (χ2n) is 6.24. The Morgan fingerprint density at radius 3 is 2.71 bits per heavy atom. The molecule has 9 heteroatoms. The minimum atomic E-state index is -0.129. The van der Waals surface area contributed by atoms with Crippen LogP contribution in [-0.2, 0) is 4.79 Å². The van der Waals surface area contributed by atoms with Crippen LogP contribution >= 0.6 is 11.3 Å². The fourth-order valence-electron chi connectivity index (χ4n) is 2.67. The molecule has 0 aliphatic rings. The Balaban J connectivity index is 1.37. The van der Waals surface area contributed by atoms with Crippen LogP contribution in [0.4, 0.5) is 0 Å². The molecule has 0 bridgehead atoms. The molecule has 2 heterocycles. The number of aromatic nitrogens is 5. The third-order valence-electron chi connectivity index (χ3n) is 4.45. The van der Waals surface area contributed by atoms with Gasteiger partial charge in [-0.2, -0.15) is 0 Å². The summed E-state index contributed by atoms with van der Waals surface area (Å²) in [5.74, 6) is 0.488. The van der Waals surface area contributed by atoms with Crippen molar-refractivity contribution < 1.29 is 9.53 Å². The molecule has 142 valence electrons. The van der Waals surface area contributed by atoms with E-state index in [0.29, 0.717) is 5.75 Å². The van der Waals surface area contributed by atoms with Crippen molar-refractivity contribution in [3.8, 4) is 11.4 Å². The quantitative estimate of drug-likeness (QED) is 0.500. The van der Waals surface area contributed by atoms with Gasteiger partial charge in [-0.05, 0) is 53.7 Å². The highest BCUT2D eigenvalue weighted by molar-refractivity contribution is 7.18. The van der Waals surface area contributed by atoms with Crippen molar-refractivity contribution in [3.63, 3.8) is 0 Å². The summed E-state index contributed by atoms with van der Waals surface area (Å²) in [6.45, 7) is 1.92. The Morgan fingerprint density at radius 1 is 1.21 bits per heavy atom. The first-order chi connectivity index (χ1) is 13.6. The van der Waals surface area contributed by atoms with Crippen LogP contribution in [0.3, 0.4) is 0 Å². The van der Waals surface area contributed by atoms with Gasteiger partial charge in [-0.3, -0.25) is 4.79 Å². The number of rotatable bonds is 6. The van der Waals surface area contributed by atoms with E-state index >= 15 is 0 Å². The van der Waals surface area contributed by atoms with Gasteiger partial charge in [0.1, 0.15) is 17.1 Å². The maximum absolute atomic E-state index is 12.5. The predicted octanol–water partition coefficient (Wildman–Crippen LogP) is 2.87. The van der Waals surface area contributed by atoms with Crippen LogP contribution in [0, 0.1) is 0 Å². The SMILES string of the molecule is CC(c1nc2ccccc2s1)N(C)C(=O)COc1ccc(-n2cnnn2)cc1. The maximum Gasteiger partial charge on any atom is 0.260 e. The van der Waals surface area contributed by atoms with Gasteiger partial charge in [-0.1, -0.05) is 12.1 Å². The number of nitrogens with zero attached hydrogens (tertiary/aromatic N) is 6. The second-order valence-corrected chi connectivity index (χ2v) is 7.30. The summed E-state index contributed by atoms with van der Waals surface area (Å²) < 4.78 is 8.30. The number of likely N-dealkylation sites (N-methyl/N-ethyl adjacent to an activating group) is 1. The lowest BCUT2D eigenvalue weighted by Gasteiger charge is -2.23. The zero-order valence-corrected chi connectivity index (χ0v) is 16.2. The number of hydrogen-bond acceptors (Lipinski definition) is 7. The van der Waals surface area contributed by atoms with Crippen LogP contribution < -0.4 is 4.74 Å². The Kier molecular flexibility index (Phi) is 4.98. The van der Waals surface area contributed by atoms with Gasteiger partial charge >= 0.3 is 0 Å². The number of fused-ring (bicyclic) bond motifs is 1. The molecule has 1 unspecified atom stereocenters. The molecule has 4 rings (SSSR count). The average molecular weight is 394 g/mol. The van der Waals surface area contributed by atoms with Gasteiger partial charge in [0.05, 0.1) is 21.9 Å². The first kappa shape index (κ1) is 18.1. The fourth-order valence-corrected chi connectivity index (χ4v) is 3.73. The first-order valence-electron chi connectivity index (χ1n) is 8.69. The molecule has 8 nitrogen and oxygen atoms in total. The predicted molar refractivity (Wildman–Crippen MR) is 105 cm³/mol. The molecular weight excluding hydrogens is 376 g/mol. The molecule has 0 radical (unpaired) electrons. The average Bonchev–Trinajstić information content (AvgIpc) is 3.41. The van der Waals surface area contributed by atoms with Crippen molar-refractivity contribution >= 4 is 27.5 Å². The van der Waals surface area contributed by atoms with Crippen molar-refractivity contribution in [2.24, 2.45) is 0 Å². The monoisotopic (exact) mass is 394 g/mol. The third kappa shape index (κ3) is 3.70. The third-order valence-corrected chi connectivity index (χ3v) is 5.66. The van der Waals surface area contributed by atoms with Crippen molar-refractivity contribution in [1.29, 1.82) is 0 Å². The summed E-state index contributed by atoms with van der Waals surface area (Å²) in [5, 5.41) is 11.9. The van der Waals surface area contributed by atoms with E-state index in [1.165, 1.54) is 6.33 Å². The second kappa shape index (κ2) is 7.73. The molecule has 0 spiro atoms.